The van der Waals surface area contributed by atoms with Crippen molar-refractivity contribution in [2.45, 2.75) is 46.6 Å². The molecule has 0 atom stereocenters. The zero-order valence-electron chi connectivity index (χ0n) is 14.5. The van der Waals surface area contributed by atoms with Gasteiger partial charge in [-0.05, 0) is 33.3 Å². The van der Waals surface area contributed by atoms with Crippen LogP contribution in [-0.4, -0.2) is 45.6 Å². The molecule has 1 N–H and O–H groups in total. The van der Waals surface area contributed by atoms with Crippen molar-refractivity contribution in [1.29, 1.82) is 0 Å². The van der Waals surface area contributed by atoms with Crippen molar-refractivity contribution in [3.8, 4) is 11.6 Å². The molecule has 0 aliphatic rings. The predicted molar refractivity (Wildman–Crippen MR) is 88.4 cm³/mol. The van der Waals surface area contributed by atoms with Crippen molar-refractivity contribution in [2.24, 2.45) is 0 Å². The van der Waals surface area contributed by atoms with E-state index in [9.17, 15) is 4.79 Å². The molecule has 2 aromatic heterocycles. The van der Waals surface area contributed by atoms with Crippen LogP contribution in [0.15, 0.2) is 10.5 Å². The van der Waals surface area contributed by atoms with Gasteiger partial charge in [-0.3, -0.25) is 9.48 Å². The SMILES string of the molecule is CCOCCCNC(=O)CCc1nnc(-c2cc(C)nn2CC)o1. The van der Waals surface area contributed by atoms with Gasteiger partial charge in [-0.2, -0.15) is 5.10 Å². The minimum atomic E-state index is -0.0271. The van der Waals surface area contributed by atoms with Crippen LogP contribution >= 0.6 is 0 Å². The summed E-state index contributed by atoms with van der Waals surface area (Å²) in [7, 11) is 0. The summed E-state index contributed by atoms with van der Waals surface area (Å²) < 4.78 is 12.7. The van der Waals surface area contributed by atoms with E-state index in [-0.39, 0.29) is 5.91 Å². The fraction of sp³-hybridized carbons (Fsp3) is 0.625. The fourth-order valence-electron chi connectivity index (χ4n) is 2.27. The molecule has 8 nitrogen and oxygen atoms in total. The molecule has 2 rings (SSSR count). The van der Waals surface area contributed by atoms with Gasteiger partial charge >= 0.3 is 0 Å². The van der Waals surface area contributed by atoms with Gasteiger partial charge in [-0.15, -0.1) is 10.2 Å². The Morgan fingerprint density at radius 3 is 2.96 bits per heavy atom. The zero-order chi connectivity index (χ0) is 17.4. The van der Waals surface area contributed by atoms with E-state index < -0.39 is 0 Å². The van der Waals surface area contributed by atoms with Crippen LogP contribution in [0.5, 0.6) is 0 Å². The van der Waals surface area contributed by atoms with Crippen LogP contribution in [0.2, 0.25) is 0 Å². The van der Waals surface area contributed by atoms with Crippen LogP contribution in [-0.2, 0) is 22.5 Å². The topological polar surface area (TPSA) is 95.1 Å². The number of aromatic nitrogens is 4. The molecule has 0 bridgehead atoms. The van der Waals surface area contributed by atoms with Gasteiger partial charge in [0.1, 0.15) is 5.69 Å². The van der Waals surface area contributed by atoms with Crippen molar-refractivity contribution >= 4 is 5.91 Å². The van der Waals surface area contributed by atoms with E-state index in [0.29, 0.717) is 44.4 Å². The van der Waals surface area contributed by atoms with E-state index in [1.165, 1.54) is 0 Å². The summed E-state index contributed by atoms with van der Waals surface area (Å²) in [5.41, 5.74) is 1.70. The molecule has 2 aromatic rings. The van der Waals surface area contributed by atoms with Crippen molar-refractivity contribution in [1.82, 2.24) is 25.3 Å². The first kappa shape index (κ1) is 18.1. The molecule has 0 aliphatic heterocycles. The van der Waals surface area contributed by atoms with E-state index in [4.69, 9.17) is 9.15 Å². The summed E-state index contributed by atoms with van der Waals surface area (Å²) in [4.78, 5) is 11.8. The van der Waals surface area contributed by atoms with Gasteiger partial charge in [0.2, 0.25) is 11.8 Å². The number of amides is 1. The van der Waals surface area contributed by atoms with Crippen LogP contribution in [0, 0.1) is 6.92 Å². The molecule has 1 amide bonds. The lowest BCUT2D eigenvalue weighted by atomic mass is 10.3. The maximum absolute atomic E-state index is 11.8. The zero-order valence-corrected chi connectivity index (χ0v) is 14.5. The lowest BCUT2D eigenvalue weighted by Crippen LogP contribution is -2.25. The summed E-state index contributed by atoms with van der Waals surface area (Å²) in [6.07, 6.45) is 1.55. The first-order valence-corrected chi connectivity index (χ1v) is 8.35. The second-order valence-corrected chi connectivity index (χ2v) is 5.39. The van der Waals surface area contributed by atoms with Crippen molar-refractivity contribution < 1.29 is 13.9 Å². The van der Waals surface area contributed by atoms with Crippen molar-refractivity contribution in [2.75, 3.05) is 19.8 Å². The first-order chi connectivity index (χ1) is 11.6. The van der Waals surface area contributed by atoms with Crippen LogP contribution < -0.4 is 5.32 Å². The molecule has 0 spiro atoms. The molecule has 0 fully saturated rings. The summed E-state index contributed by atoms with van der Waals surface area (Å²) in [6.45, 7) is 8.57. The quantitative estimate of drug-likeness (QED) is 0.665. The molecular formula is C16H25N5O3. The Balaban J connectivity index is 1.80. The van der Waals surface area contributed by atoms with Gasteiger partial charge in [-0.25, -0.2) is 0 Å². The first-order valence-electron chi connectivity index (χ1n) is 8.35. The Bertz CT molecular complexity index is 650. The Hall–Kier alpha value is -2.22. The van der Waals surface area contributed by atoms with Gasteiger partial charge in [0.15, 0.2) is 0 Å². The number of ether oxygens (including phenoxy) is 1. The second-order valence-electron chi connectivity index (χ2n) is 5.39. The highest BCUT2D eigenvalue weighted by molar-refractivity contribution is 5.75. The summed E-state index contributed by atoms with van der Waals surface area (Å²) in [5.74, 6) is 0.862. The molecular weight excluding hydrogens is 310 g/mol. The summed E-state index contributed by atoms with van der Waals surface area (Å²) in [6, 6.07) is 1.91. The third-order valence-corrected chi connectivity index (χ3v) is 3.45. The highest BCUT2D eigenvalue weighted by Gasteiger charge is 2.15. The van der Waals surface area contributed by atoms with Crippen molar-refractivity contribution in [3.63, 3.8) is 0 Å². The highest BCUT2D eigenvalue weighted by Crippen LogP contribution is 2.19. The normalized spacial score (nSPS) is 11.0. The molecule has 0 radical (unpaired) electrons. The molecule has 24 heavy (non-hydrogen) atoms. The van der Waals surface area contributed by atoms with Crippen LogP contribution in [0.4, 0.5) is 0 Å². The largest absolute Gasteiger partial charge is 0.419 e. The minimum absolute atomic E-state index is 0.0271. The van der Waals surface area contributed by atoms with E-state index in [2.05, 4.69) is 20.6 Å². The Labute approximate surface area is 141 Å². The predicted octanol–water partition coefficient (Wildman–Crippen LogP) is 1.74. The average Bonchev–Trinajstić information content (AvgIpc) is 3.18. The number of rotatable bonds is 10. The fourth-order valence-corrected chi connectivity index (χ4v) is 2.27. The number of nitrogens with one attached hydrogen (secondary N) is 1. The molecule has 0 saturated carbocycles. The standard InChI is InChI=1S/C16H25N5O3/c1-4-21-13(11-12(3)20-21)16-19-18-15(24-16)8-7-14(22)17-9-6-10-23-5-2/h11H,4-10H2,1-3H3,(H,17,22). The Morgan fingerprint density at radius 1 is 1.38 bits per heavy atom. The third kappa shape index (κ3) is 5.16. The smallest absolute Gasteiger partial charge is 0.265 e. The highest BCUT2D eigenvalue weighted by atomic mass is 16.5. The lowest BCUT2D eigenvalue weighted by molar-refractivity contribution is -0.121. The molecule has 0 aromatic carbocycles. The van der Waals surface area contributed by atoms with Gasteiger partial charge < -0.3 is 14.5 Å². The van der Waals surface area contributed by atoms with Crippen molar-refractivity contribution in [3.05, 3.63) is 17.7 Å². The maximum atomic E-state index is 11.8. The minimum Gasteiger partial charge on any atom is -0.419 e. The number of aryl methyl sites for hydroxylation is 3. The summed E-state index contributed by atoms with van der Waals surface area (Å²) in [5, 5.41) is 15.3. The number of carbonyl (C=O) groups excluding carboxylic acids is 1. The molecule has 132 valence electrons. The lowest BCUT2D eigenvalue weighted by Gasteiger charge is -2.04. The van der Waals surface area contributed by atoms with E-state index in [1.807, 2.05) is 31.5 Å². The number of hydrogen-bond acceptors (Lipinski definition) is 6. The average molecular weight is 335 g/mol. The maximum Gasteiger partial charge on any atom is 0.265 e. The van der Waals surface area contributed by atoms with Crippen LogP contribution in [0.1, 0.15) is 38.3 Å². The van der Waals surface area contributed by atoms with Gasteiger partial charge in [0.25, 0.3) is 5.89 Å². The monoisotopic (exact) mass is 335 g/mol. The molecule has 8 heteroatoms. The summed E-state index contributed by atoms with van der Waals surface area (Å²) >= 11 is 0. The van der Waals surface area contributed by atoms with Gasteiger partial charge in [0, 0.05) is 39.1 Å². The van der Waals surface area contributed by atoms with E-state index >= 15 is 0 Å². The molecule has 0 unspecified atom stereocenters. The number of carbonyl (C=O) groups is 1. The van der Waals surface area contributed by atoms with Crippen LogP contribution in [0.3, 0.4) is 0 Å². The van der Waals surface area contributed by atoms with Crippen LogP contribution in [0.25, 0.3) is 11.6 Å². The van der Waals surface area contributed by atoms with E-state index in [0.717, 1.165) is 24.4 Å². The Kier molecular flexibility index (Phi) is 6.92. The van der Waals surface area contributed by atoms with E-state index in [1.54, 1.807) is 0 Å². The molecule has 2 heterocycles. The Morgan fingerprint density at radius 2 is 2.21 bits per heavy atom. The number of nitrogens with zero attached hydrogens (tertiary/aromatic N) is 4. The molecule has 0 saturated heterocycles. The molecule has 0 aliphatic carbocycles. The van der Waals surface area contributed by atoms with Gasteiger partial charge in [-0.1, -0.05) is 0 Å². The second kappa shape index (κ2) is 9.17. The van der Waals surface area contributed by atoms with Gasteiger partial charge in [0.05, 0.1) is 5.69 Å². The number of hydrogen-bond donors (Lipinski definition) is 1. The third-order valence-electron chi connectivity index (χ3n) is 3.45.